The van der Waals surface area contributed by atoms with Crippen molar-refractivity contribution >= 4 is 5.97 Å². The molecule has 2 N–H and O–H groups in total. The lowest BCUT2D eigenvalue weighted by Crippen LogP contribution is -2.14. The van der Waals surface area contributed by atoms with Crippen molar-refractivity contribution in [3.8, 4) is 5.75 Å². The summed E-state index contributed by atoms with van der Waals surface area (Å²) >= 11 is 0. The highest BCUT2D eigenvalue weighted by molar-refractivity contribution is 5.85. The molecule has 0 aromatic heterocycles. The van der Waals surface area contributed by atoms with E-state index in [9.17, 15) is 9.90 Å². The molecule has 1 aromatic rings. The van der Waals surface area contributed by atoms with Gasteiger partial charge in [-0.15, -0.1) is 0 Å². The van der Waals surface area contributed by atoms with Crippen molar-refractivity contribution in [1.29, 1.82) is 0 Å². The maximum Gasteiger partial charge on any atom is 0.330 e. The predicted molar refractivity (Wildman–Crippen MR) is 59.1 cm³/mol. The van der Waals surface area contributed by atoms with Gasteiger partial charge >= 0.3 is 5.97 Å². The summed E-state index contributed by atoms with van der Waals surface area (Å²) in [5.41, 5.74) is 0.190. The first-order valence-corrected chi connectivity index (χ1v) is 4.89. The Morgan fingerprint density at radius 3 is 2.62 bits per heavy atom. The SMILES string of the molecule is CC(=CCC(O)Oc1ccccc1)C(=O)O. The highest BCUT2D eigenvalue weighted by Crippen LogP contribution is 2.11. The third-order valence-electron chi connectivity index (χ3n) is 1.98. The van der Waals surface area contributed by atoms with E-state index in [1.54, 1.807) is 24.3 Å². The number of carbonyl (C=O) groups is 1. The van der Waals surface area contributed by atoms with Gasteiger partial charge in [0.25, 0.3) is 0 Å². The summed E-state index contributed by atoms with van der Waals surface area (Å²) in [7, 11) is 0. The molecule has 0 aliphatic carbocycles. The Hall–Kier alpha value is -1.81. The second-order valence-corrected chi connectivity index (χ2v) is 3.31. The molecule has 1 aromatic carbocycles. The molecule has 1 unspecified atom stereocenters. The van der Waals surface area contributed by atoms with E-state index in [4.69, 9.17) is 9.84 Å². The first kappa shape index (κ1) is 12.3. The average molecular weight is 222 g/mol. The number of carboxylic acid groups (broad SMARTS) is 1. The van der Waals surface area contributed by atoms with Gasteiger partial charge in [0.1, 0.15) is 5.75 Å². The molecule has 0 radical (unpaired) electrons. The summed E-state index contributed by atoms with van der Waals surface area (Å²) in [6.45, 7) is 1.47. The monoisotopic (exact) mass is 222 g/mol. The molecule has 86 valence electrons. The highest BCUT2D eigenvalue weighted by atomic mass is 16.6. The summed E-state index contributed by atoms with van der Waals surface area (Å²) in [4.78, 5) is 10.5. The summed E-state index contributed by atoms with van der Waals surface area (Å²) in [5.74, 6) is -0.441. The average Bonchev–Trinajstić information content (AvgIpc) is 2.27. The molecule has 0 saturated carbocycles. The molecule has 0 spiro atoms. The highest BCUT2D eigenvalue weighted by Gasteiger charge is 2.05. The Labute approximate surface area is 93.8 Å². The fourth-order valence-corrected chi connectivity index (χ4v) is 1.07. The number of hydrogen-bond donors (Lipinski definition) is 2. The van der Waals surface area contributed by atoms with Crippen molar-refractivity contribution in [1.82, 2.24) is 0 Å². The van der Waals surface area contributed by atoms with Crippen LogP contribution in [-0.2, 0) is 4.79 Å². The molecule has 1 rings (SSSR count). The van der Waals surface area contributed by atoms with Gasteiger partial charge in [0.15, 0.2) is 0 Å². The minimum Gasteiger partial charge on any atom is -0.478 e. The molecule has 1 atom stereocenters. The third-order valence-corrected chi connectivity index (χ3v) is 1.98. The molecule has 0 heterocycles. The molecule has 16 heavy (non-hydrogen) atoms. The van der Waals surface area contributed by atoms with Gasteiger partial charge in [-0.2, -0.15) is 0 Å². The lowest BCUT2D eigenvalue weighted by atomic mass is 10.2. The van der Waals surface area contributed by atoms with Gasteiger partial charge in [-0.05, 0) is 19.1 Å². The molecule has 4 heteroatoms. The number of hydrogen-bond acceptors (Lipinski definition) is 3. The van der Waals surface area contributed by atoms with Crippen molar-refractivity contribution in [2.45, 2.75) is 19.6 Å². The van der Waals surface area contributed by atoms with Crippen molar-refractivity contribution in [2.75, 3.05) is 0 Å². The van der Waals surface area contributed by atoms with Gasteiger partial charge < -0.3 is 14.9 Å². The number of aliphatic hydroxyl groups is 1. The Bertz CT molecular complexity index is 370. The molecule has 0 aliphatic rings. The minimum atomic E-state index is -1.03. The van der Waals surface area contributed by atoms with Crippen LogP contribution in [0.4, 0.5) is 0 Å². The zero-order valence-electron chi connectivity index (χ0n) is 8.96. The number of rotatable bonds is 5. The van der Waals surface area contributed by atoms with Crippen LogP contribution in [0.1, 0.15) is 13.3 Å². The number of para-hydroxylation sites is 1. The van der Waals surface area contributed by atoms with E-state index in [1.165, 1.54) is 13.0 Å². The van der Waals surface area contributed by atoms with Gasteiger partial charge in [0.2, 0.25) is 6.29 Å². The van der Waals surface area contributed by atoms with Crippen LogP contribution < -0.4 is 4.74 Å². The summed E-state index contributed by atoms with van der Waals surface area (Å²) < 4.78 is 5.16. The number of aliphatic carboxylic acids is 1. The van der Waals surface area contributed by atoms with Gasteiger partial charge in [0.05, 0.1) is 0 Å². The van der Waals surface area contributed by atoms with E-state index in [2.05, 4.69) is 0 Å². The van der Waals surface area contributed by atoms with Gasteiger partial charge in [-0.25, -0.2) is 4.79 Å². The van der Waals surface area contributed by atoms with E-state index in [0.29, 0.717) is 5.75 Å². The van der Waals surface area contributed by atoms with Crippen LogP contribution in [0.5, 0.6) is 5.75 Å². The normalized spacial score (nSPS) is 13.2. The van der Waals surface area contributed by atoms with Crippen LogP contribution in [0.3, 0.4) is 0 Å². The van der Waals surface area contributed by atoms with Gasteiger partial charge in [0, 0.05) is 12.0 Å². The minimum absolute atomic E-state index is 0.146. The maximum absolute atomic E-state index is 10.5. The van der Waals surface area contributed by atoms with Crippen LogP contribution in [0.15, 0.2) is 42.0 Å². The predicted octanol–water partition coefficient (Wildman–Crippen LogP) is 1.80. The number of benzene rings is 1. The van der Waals surface area contributed by atoms with Crippen molar-refractivity contribution in [2.24, 2.45) is 0 Å². The Kier molecular flexibility index (Phi) is 4.54. The largest absolute Gasteiger partial charge is 0.478 e. The molecule has 0 fully saturated rings. The maximum atomic E-state index is 10.5. The first-order chi connectivity index (χ1) is 7.59. The zero-order chi connectivity index (χ0) is 12.0. The number of aliphatic hydroxyl groups excluding tert-OH is 1. The zero-order valence-corrected chi connectivity index (χ0v) is 8.96. The van der Waals surface area contributed by atoms with E-state index >= 15 is 0 Å². The van der Waals surface area contributed by atoms with E-state index < -0.39 is 12.3 Å². The third kappa shape index (κ3) is 4.14. The fraction of sp³-hybridized carbons (Fsp3) is 0.250. The van der Waals surface area contributed by atoms with Crippen LogP contribution in [0.25, 0.3) is 0 Å². The lowest BCUT2D eigenvalue weighted by Gasteiger charge is -2.11. The van der Waals surface area contributed by atoms with Crippen LogP contribution in [-0.4, -0.2) is 22.5 Å². The second kappa shape index (κ2) is 5.92. The standard InChI is InChI=1S/C12H14O4/c1-9(12(14)15)7-8-11(13)16-10-5-3-2-4-6-10/h2-7,11,13H,8H2,1H3,(H,14,15). The summed E-state index contributed by atoms with van der Waals surface area (Å²) in [5, 5.41) is 18.1. The van der Waals surface area contributed by atoms with E-state index in [1.807, 2.05) is 6.07 Å². The fourth-order valence-electron chi connectivity index (χ4n) is 1.07. The molecule has 0 bridgehead atoms. The number of carboxylic acids is 1. The molecule has 0 amide bonds. The van der Waals surface area contributed by atoms with Crippen LogP contribution in [0.2, 0.25) is 0 Å². The van der Waals surface area contributed by atoms with Crippen molar-refractivity contribution < 1.29 is 19.7 Å². The molecular formula is C12H14O4. The smallest absolute Gasteiger partial charge is 0.330 e. The van der Waals surface area contributed by atoms with Crippen LogP contribution >= 0.6 is 0 Å². The van der Waals surface area contributed by atoms with Gasteiger partial charge in [-0.3, -0.25) is 0 Å². The lowest BCUT2D eigenvalue weighted by molar-refractivity contribution is -0.132. The quantitative estimate of drug-likeness (QED) is 0.589. The van der Waals surface area contributed by atoms with E-state index in [0.717, 1.165) is 0 Å². The van der Waals surface area contributed by atoms with Gasteiger partial charge in [-0.1, -0.05) is 24.3 Å². The topological polar surface area (TPSA) is 66.8 Å². The Balaban J connectivity index is 2.46. The molecule has 0 aliphatic heterocycles. The van der Waals surface area contributed by atoms with Crippen molar-refractivity contribution in [3.63, 3.8) is 0 Å². The second-order valence-electron chi connectivity index (χ2n) is 3.31. The molecule has 0 saturated heterocycles. The Morgan fingerprint density at radius 1 is 1.44 bits per heavy atom. The van der Waals surface area contributed by atoms with E-state index in [-0.39, 0.29) is 12.0 Å². The first-order valence-electron chi connectivity index (χ1n) is 4.89. The summed E-state index contributed by atoms with van der Waals surface area (Å²) in [6.07, 6.45) is 0.542. The molecular weight excluding hydrogens is 208 g/mol. The number of ether oxygens (including phenoxy) is 1. The van der Waals surface area contributed by atoms with Crippen LogP contribution in [0, 0.1) is 0 Å². The van der Waals surface area contributed by atoms with Crippen molar-refractivity contribution in [3.05, 3.63) is 42.0 Å². The summed E-state index contributed by atoms with van der Waals surface area (Å²) in [6, 6.07) is 8.86. The molecule has 4 nitrogen and oxygen atoms in total. The Morgan fingerprint density at radius 2 is 2.06 bits per heavy atom.